The molecule has 510 valence electrons. The first-order chi connectivity index (χ1) is 46.6. The minimum Gasteiger partial charge on any atom is -0.490 e. The topological polar surface area (TPSA) is 278 Å². The predicted molar refractivity (Wildman–Crippen MR) is 376 cm³/mol. The SMILES string of the molecule is CC(C)Oc1ccc(-c2nnc(-c3ccc4c(c3)CCN(CCCC(=O)O)CC4)s2)cc1C#N.CC(C)Oc1ccc(-c2nnc(-c3ccc4c(c3)CCNCC4)s2)cc1C#N.Cc1c(-c2nnc(-c3ccc(OC(C)C)c(C#N)c3)s2)ccc2c1CCNC2.Cl.O=C(O)C(F)(F)F. The van der Waals surface area contributed by atoms with Gasteiger partial charge in [0.1, 0.15) is 65.5 Å². The molecule has 19 nitrogen and oxygen atoms in total. The lowest BCUT2D eigenvalue weighted by Gasteiger charge is -2.20. The molecule has 0 atom stereocenters. The molecule has 4 N–H and O–H groups in total. The molecule has 6 heterocycles. The lowest BCUT2D eigenvalue weighted by molar-refractivity contribution is -0.192. The number of halogens is 4. The average Bonchev–Trinajstić information content (AvgIpc) is 1.54. The zero-order chi connectivity index (χ0) is 69.3. The number of fused-ring (bicyclic) bond motifs is 3. The van der Waals surface area contributed by atoms with Crippen LogP contribution in [0.15, 0.2) is 103 Å². The number of hydrogen-bond acceptors (Lipinski definition) is 20. The summed E-state index contributed by atoms with van der Waals surface area (Å²) in [6, 6.07) is 40.8. The molecule has 9 aromatic rings. The Bertz CT molecular complexity index is 4400. The number of hydrogen-bond donors (Lipinski definition) is 4. The van der Waals surface area contributed by atoms with Crippen molar-refractivity contribution in [3.05, 3.63) is 159 Å². The van der Waals surface area contributed by atoms with E-state index in [0.717, 1.165) is 141 Å². The monoisotopic (exact) mass is 1410 g/mol. The molecule has 0 amide bonds. The van der Waals surface area contributed by atoms with Gasteiger partial charge in [-0.2, -0.15) is 29.0 Å². The first-order valence-corrected chi connectivity index (χ1v) is 34.2. The fraction of sp³-hybridized carbons (Fsp3) is 0.347. The van der Waals surface area contributed by atoms with Crippen LogP contribution in [0.3, 0.4) is 0 Å². The molecule has 0 fully saturated rings. The first kappa shape index (κ1) is 74.6. The maximum absolute atomic E-state index is 10.8. The Morgan fingerprint density at radius 2 is 0.898 bits per heavy atom. The quantitative estimate of drug-likeness (QED) is 0.0699. The van der Waals surface area contributed by atoms with Gasteiger partial charge in [-0.05, 0) is 219 Å². The summed E-state index contributed by atoms with van der Waals surface area (Å²) in [7, 11) is 0. The summed E-state index contributed by atoms with van der Waals surface area (Å²) < 4.78 is 48.9. The molecule has 0 unspecified atom stereocenters. The summed E-state index contributed by atoms with van der Waals surface area (Å²) >= 11 is 4.61. The van der Waals surface area contributed by atoms with Crippen molar-refractivity contribution in [2.75, 3.05) is 39.3 Å². The molecule has 0 aliphatic carbocycles. The van der Waals surface area contributed by atoms with E-state index in [1.807, 2.05) is 90.1 Å². The van der Waals surface area contributed by atoms with Crippen molar-refractivity contribution in [2.45, 2.75) is 124 Å². The molecule has 6 aromatic carbocycles. The van der Waals surface area contributed by atoms with Crippen molar-refractivity contribution >= 4 is 58.4 Å². The molecular formula is C72H74ClF3N12O7S3. The molecule has 98 heavy (non-hydrogen) atoms. The van der Waals surface area contributed by atoms with E-state index in [1.54, 1.807) is 28.7 Å². The third-order valence-corrected chi connectivity index (χ3v) is 18.8. The van der Waals surface area contributed by atoms with E-state index < -0.39 is 18.1 Å². The van der Waals surface area contributed by atoms with Crippen molar-refractivity contribution in [3.8, 4) is 98.9 Å². The van der Waals surface area contributed by atoms with E-state index in [1.165, 1.54) is 50.3 Å². The van der Waals surface area contributed by atoms with Crippen LogP contribution in [0.5, 0.6) is 17.2 Å². The Kier molecular flexibility index (Phi) is 26.5. The zero-order valence-electron chi connectivity index (χ0n) is 55.1. The fourth-order valence-electron chi connectivity index (χ4n) is 11.1. The highest BCUT2D eigenvalue weighted by Crippen LogP contribution is 2.39. The molecule has 26 heteroatoms. The Morgan fingerprint density at radius 3 is 1.33 bits per heavy atom. The van der Waals surface area contributed by atoms with Gasteiger partial charge in [0, 0.05) is 59.4 Å². The van der Waals surface area contributed by atoms with Gasteiger partial charge in [0.05, 0.1) is 35.0 Å². The third kappa shape index (κ3) is 20.0. The lowest BCUT2D eigenvalue weighted by Crippen LogP contribution is -2.27. The first-order valence-electron chi connectivity index (χ1n) is 31.7. The summed E-state index contributed by atoms with van der Waals surface area (Å²) in [6.07, 6.45) is 0.911. The van der Waals surface area contributed by atoms with E-state index in [-0.39, 0.29) is 37.1 Å². The number of nitrogens with zero attached hydrogens (tertiary/aromatic N) is 10. The van der Waals surface area contributed by atoms with Gasteiger partial charge in [0.2, 0.25) is 0 Å². The maximum Gasteiger partial charge on any atom is 0.490 e. The highest BCUT2D eigenvalue weighted by Gasteiger charge is 2.38. The van der Waals surface area contributed by atoms with Crippen molar-refractivity contribution in [2.24, 2.45) is 0 Å². The molecule has 0 spiro atoms. The summed E-state index contributed by atoms with van der Waals surface area (Å²) in [4.78, 5) is 22.0. The van der Waals surface area contributed by atoms with Gasteiger partial charge in [0.15, 0.2) is 0 Å². The van der Waals surface area contributed by atoms with E-state index >= 15 is 0 Å². The number of carboxylic acid groups (broad SMARTS) is 2. The number of nitriles is 3. The Hall–Kier alpha value is -9.23. The number of aromatic nitrogens is 6. The van der Waals surface area contributed by atoms with Crippen molar-refractivity contribution in [1.29, 1.82) is 15.8 Å². The van der Waals surface area contributed by atoms with Crippen molar-refractivity contribution < 1.29 is 47.2 Å². The van der Waals surface area contributed by atoms with Gasteiger partial charge >= 0.3 is 18.1 Å². The number of benzene rings is 6. The molecule has 12 rings (SSSR count). The van der Waals surface area contributed by atoms with Crippen molar-refractivity contribution in [1.82, 2.24) is 46.1 Å². The van der Waals surface area contributed by atoms with Crippen LogP contribution >= 0.6 is 46.4 Å². The second-order valence-corrected chi connectivity index (χ2v) is 26.8. The van der Waals surface area contributed by atoms with E-state index in [0.29, 0.717) is 40.4 Å². The average molecular weight is 1410 g/mol. The largest absolute Gasteiger partial charge is 0.490 e. The highest BCUT2D eigenvalue weighted by molar-refractivity contribution is 7.18. The molecule has 3 aliphatic heterocycles. The summed E-state index contributed by atoms with van der Waals surface area (Å²) in [6.45, 7) is 20.5. The van der Waals surface area contributed by atoms with E-state index in [9.17, 15) is 33.8 Å². The van der Waals surface area contributed by atoms with Crippen LogP contribution in [0.2, 0.25) is 0 Å². The molecule has 3 aliphatic rings. The fourth-order valence-corrected chi connectivity index (χ4v) is 13.7. The van der Waals surface area contributed by atoms with Gasteiger partial charge in [-0.3, -0.25) is 4.79 Å². The summed E-state index contributed by atoms with van der Waals surface area (Å²) in [5.41, 5.74) is 17.0. The highest BCUT2D eigenvalue weighted by atomic mass is 35.5. The molecular weight excluding hydrogens is 1330 g/mol. The van der Waals surface area contributed by atoms with Gasteiger partial charge in [-0.1, -0.05) is 70.4 Å². The number of rotatable bonds is 16. The zero-order valence-corrected chi connectivity index (χ0v) is 58.4. The van der Waals surface area contributed by atoms with Crippen LogP contribution in [-0.4, -0.2) is 121 Å². The second kappa shape index (κ2) is 34.8. The maximum atomic E-state index is 10.8. The van der Waals surface area contributed by atoms with Crippen LogP contribution in [0.25, 0.3) is 63.4 Å². The minimum absolute atomic E-state index is 0. The Balaban J connectivity index is 0.000000178. The van der Waals surface area contributed by atoms with Gasteiger partial charge in [0.25, 0.3) is 0 Å². The van der Waals surface area contributed by atoms with Crippen molar-refractivity contribution in [3.63, 3.8) is 0 Å². The lowest BCUT2D eigenvalue weighted by atomic mass is 9.93. The molecule has 0 radical (unpaired) electrons. The Labute approximate surface area is 585 Å². The van der Waals surface area contributed by atoms with Crippen LogP contribution in [0.4, 0.5) is 13.2 Å². The van der Waals surface area contributed by atoms with Crippen LogP contribution in [0.1, 0.15) is 110 Å². The van der Waals surface area contributed by atoms with Gasteiger partial charge < -0.3 is 40.0 Å². The number of alkyl halides is 3. The number of aliphatic carboxylic acids is 2. The summed E-state index contributed by atoms with van der Waals surface area (Å²) in [5.74, 6) is -1.71. The molecule has 0 bridgehead atoms. The van der Waals surface area contributed by atoms with Crippen LogP contribution in [-0.2, 0) is 48.2 Å². The Morgan fingerprint density at radius 1 is 0.531 bits per heavy atom. The van der Waals surface area contributed by atoms with E-state index in [2.05, 4.69) is 120 Å². The molecule has 0 saturated carbocycles. The van der Waals surface area contributed by atoms with Gasteiger partial charge in [-0.15, -0.1) is 43.0 Å². The number of carboxylic acids is 2. The third-order valence-electron chi connectivity index (χ3n) is 15.7. The number of nitrogens with one attached hydrogen (secondary N) is 2. The minimum atomic E-state index is -5.08. The van der Waals surface area contributed by atoms with Crippen LogP contribution < -0.4 is 24.8 Å². The normalized spacial score (nSPS) is 13.3. The smallest absolute Gasteiger partial charge is 0.490 e. The standard InChI is InChI=1S/C26H28N4O3S.2C22H22N4OS.C2HF3O2.ClH/c1-17(2)33-23-8-7-21(15-22(23)16-27)26-29-28-25(34-26)20-6-5-18-9-12-30(11-3-4-24(31)32)13-10-19(18)14-20;1-13(2)27-20-7-5-15(10-17(20)11-23)21-25-26-22(28-21)19-6-4-16-12-24-9-8-18(16)14(19)3;1-14(2)27-20-6-5-18(12-19(20)13-23)22-26-25-21(28-22)17-4-3-15-7-9-24-10-8-16(15)11-17;3-2(4,5)1(6)7;/h5-8,14-15,17H,3-4,9-13H2,1-2H3,(H,31,32);4-7,10,13,24H,8-9,12H2,1-3H3;3-6,11-12,14,24H,7-10H2,1-2H3;(H,6,7);1H. The summed E-state index contributed by atoms with van der Waals surface area (Å²) in [5, 5.41) is 82.7. The number of ether oxygens (including phenoxy) is 3. The second-order valence-electron chi connectivity index (χ2n) is 23.9. The number of carbonyl (C=O) groups is 2. The molecule has 0 saturated heterocycles. The van der Waals surface area contributed by atoms with E-state index in [4.69, 9.17) is 29.2 Å². The predicted octanol–water partition coefficient (Wildman–Crippen LogP) is 14.6. The molecule has 3 aromatic heterocycles. The van der Waals surface area contributed by atoms with Gasteiger partial charge in [-0.25, -0.2) is 4.79 Å². The van der Waals surface area contributed by atoms with Crippen LogP contribution in [0, 0.1) is 40.9 Å².